The molecule has 0 amide bonds. The molecule has 3 fully saturated rings. The fourth-order valence-corrected chi connectivity index (χ4v) is 4.78. The van der Waals surface area contributed by atoms with Crippen molar-refractivity contribution in [1.29, 1.82) is 0 Å². The molecule has 0 bridgehead atoms. The van der Waals surface area contributed by atoms with Gasteiger partial charge in [0.05, 0.1) is 0 Å². The van der Waals surface area contributed by atoms with Gasteiger partial charge in [-0.2, -0.15) is 0 Å². The minimum atomic E-state index is -0.624. The molecule has 4 nitrogen and oxygen atoms in total. The van der Waals surface area contributed by atoms with Crippen molar-refractivity contribution in [2.24, 2.45) is 29.1 Å². The number of hydrogen-bond donors (Lipinski definition) is 0. The lowest BCUT2D eigenvalue weighted by molar-refractivity contribution is -0.258. The predicted molar refractivity (Wildman–Crippen MR) is 82.7 cm³/mol. The minimum Gasteiger partial charge on any atom is -0.435 e. The molecule has 6 unspecified atom stereocenters. The van der Waals surface area contributed by atoms with E-state index in [4.69, 9.17) is 14.2 Å². The molecule has 0 radical (unpaired) electrons. The third kappa shape index (κ3) is 2.24. The number of hydrogen-bond acceptors (Lipinski definition) is 4. The molecule has 3 rings (SSSR count). The molecule has 4 heteroatoms. The van der Waals surface area contributed by atoms with Crippen molar-refractivity contribution in [3.8, 4) is 0 Å². The summed E-state index contributed by atoms with van der Waals surface area (Å²) in [4.78, 5) is 11.5. The van der Waals surface area contributed by atoms with E-state index >= 15 is 0 Å². The van der Waals surface area contributed by atoms with Crippen molar-refractivity contribution in [2.75, 3.05) is 7.11 Å². The van der Waals surface area contributed by atoms with E-state index in [-0.39, 0.29) is 17.8 Å². The molecule has 0 aromatic rings. The van der Waals surface area contributed by atoms with Gasteiger partial charge in [-0.15, -0.1) is 0 Å². The number of fused-ring (bicyclic) bond motifs is 3. The Morgan fingerprint density at radius 1 is 1.32 bits per heavy atom. The lowest BCUT2D eigenvalue weighted by atomic mass is 9.74. The zero-order chi connectivity index (χ0) is 16.2. The van der Waals surface area contributed by atoms with E-state index < -0.39 is 12.6 Å². The number of esters is 1. The second-order valence-corrected chi connectivity index (χ2v) is 7.46. The summed E-state index contributed by atoms with van der Waals surface area (Å²) in [6, 6.07) is 0. The Labute approximate surface area is 132 Å². The molecule has 1 aliphatic heterocycles. The third-order valence-electron chi connectivity index (χ3n) is 5.94. The molecule has 2 aliphatic carbocycles. The first-order valence-corrected chi connectivity index (χ1v) is 8.00. The van der Waals surface area contributed by atoms with E-state index in [2.05, 4.69) is 27.0 Å². The van der Waals surface area contributed by atoms with E-state index in [1.807, 2.05) is 0 Å². The maximum absolute atomic E-state index is 11.5. The molecule has 0 spiro atoms. The highest BCUT2D eigenvalue weighted by Gasteiger charge is 2.66. The Hall–Kier alpha value is -1.13. The Morgan fingerprint density at radius 3 is 2.59 bits per heavy atom. The summed E-state index contributed by atoms with van der Waals surface area (Å²) in [6.07, 6.45) is 0.952. The van der Waals surface area contributed by atoms with Crippen molar-refractivity contribution in [1.82, 2.24) is 0 Å². The smallest absolute Gasteiger partial charge is 0.304 e. The second kappa shape index (κ2) is 5.20. The van der Waals surface area contributed by atoms with Crippen molar-refractivity contribution in [3.63, 3.8) is 0 Å². The monoisotopic (exact) mass is 306 g/mol. The zero-order valence-corrected chi connectivity index (χ0v) is 13.9. The normalized spacial score (nSPS) is 42.9. The number of rotatable bonds is 2. The van der Waals surface area contributed by atoms with Gasteiger partial charge >= 0.3 is 5.97 Å². The Balaban J connectivity index is 1.98. The van der Waals surface area contributed by atoms with Crippen LogP contribution in [0.5, 0.6) is 0 Å². The van der Waals surface area contributed by atoms with Gasteiger partial charge in [0.25, 0.3) is 0 Å². The highest BCUT2D eigenvalue weighted by Crippen LogP contribution is 2.69. The highest BCUT2D eigenvalue weighted by atomic mass is 16.8. The first-order chi connectivity index (χ1) is 10.3. The molecule has 1 saturated heterocycles. The zero-order valence-electron chi connectivity index (χ0n) is 13.9. The first kappa shape index (κ1) is 15.8. The molecule has 0 aromatic heterocycles. The van der Waals surface area contributed by atoms with Crippen LogP contribution in [-0.4, -0.2) is 25.7 Å². The van der Waals surface area contributed by atoms with Gasteiger partial charge in [0, 0.05) is 25.9 Å². The average molecular weight is 306 g/mol. The van der Waals surface area contributed by atoms with Crippen LogP contribution in [-0.2, 0) is 19.0 Å². The minimum absolute atomic E-state index is 0.0143. The summed E-state index contributed by atoms with van der Waals surface area (Å²) >= 11 is 0. The average Bonchev–Trinajstić information content (AvgIpc) is 3.02. The van der Waals surface area contributed by atoms with Gasteiger partial charge < -0.3 is 14.2 Å². The van der Waals surface area contributed by atoms with E-state index in [1.54, 1.807) is 7.11 Å². The quantitative estimate of drug-likeness (QED) is 0.580. The van der Waals surface area contributed by atoms with Gasteiger partial charge in [-0.3, -0.25) is 4.79 Å². The summed E-state index contributed by atoms with van der Waals surface area (Å²) in [7, 11) is 1.60. The van der Waals surface area contributed by atoms with Crippen molar-refractivity contribution in [3.05, 3.63) is 24.3 Å². The van der Waals surface area contributed by atoms with E-state index in [9.17, 15) is 4.79 Å². The SMILES string of the molecule is C=C1CCC2C(C3C(=C)C(OC)OC(OC(C)=O)C13)C2(C)C. The maximum atomic E-state index is 11.5. The standard InChI is InChI=1S/C18H26O4/c1-9-7-8-12-15(18(12,4)5)14-10(2)16(20-6)22-17(13(9)14)21-11(3)19/h12-17H,1-2,7-8H2,3-6H3. The summed E-state index contributed by atoms with van der Waals surface area (Å²) in [6.45, 7) is 14.5. The summed E-state index contributed by atoms with van der Waals surface area (Å²) in [5, 5.41) is 0. The Morgan fingerprint density at radius 2 is 2.00 bits per heavy atom. The van der Waals surface area contributed by atoms with Gasteiger partial charge in [-0.05, 0) is 35.7 Å². The fraction of sp³-hybridized carbons (Fsp3) is 0.722. The number of methoxy groups -OCH3 is 1. The highest BCUT2D eigenvalue weighted by molar-refractivity contribution is 5.66. The first-order valence-electron chi connectivity index (χ1n) is 8.00. The lowest BCUT2D eigenvalue weighted by Crippen LogP contribution is -2.47. The molecule has 0 aromatic carbocycles. The molecular weight excluding hydrogens is 280 g/mol. The number of carbonyl (C=O) groups excluding carboxylic acids is 1. The maximum Gasteiger partial charge on any atom is 0.304 e. The molecular formula is C18H26O4. The van der Waals surface area contributed by atoms with Gasteiger partial charge in [0.1, 0.15) is 0 Å². The van der Waals surface area contributed by atoms with Crippen LogP contribution in [0.1, 0.15) is 33.6 Å². The van der Waals surface area contributed by atoms with Crippen LogP contribution in [0.25, 0.3) is 0 Å². The molecule has 122 valence electrons. The van der Waals surface area contributed by atoms with Crippen LogP contribution in [0.4, 0.5) is 0 Å². The molecule has 2 saturated carbocycles. The lowest BCUT2D eigenvalue weighted by Gasteiger charge is -2.43. The van der Waals surface area contributed by atoms with Crippen LogP contribution >= 0.6 is 0 Å². The molecule has 6 atom stereocenters. The Kier molecular flexibility index (Phi) is 3.73. The Bertz CT molecular complexity index is 521. The largest absolute Gasteiger partial charge is 0.435 e. The van der Waals surface area contributed by atoms with Crippen LogP contribution in [0.15, 0.2) is 24.3 Å². The van der Waals surface area contributed by atoms with Gasteiger partial charge in [0.2, 0.25) is 6.29 Å². The fourth-order valence-electron chi connectivity index (χ4n) is 4.78. The number of ether oxygens (including phenoxy) is 3. The second-order valence-electron chi connectivity index (χ2n) is 7.46. The van der Waals surface area contributed by atoms with Crippen molar-refractivity contribution in [2.45, 2.75) is 46.2 Å². The van der Waals surface area contributed by atoms with Crippen LogP contribution in [0.2, 0.25) is 0 Å². The third-order valence-corrected chi connectivity index (χ3v) is 5.94. The summed E-state index contributed by atoms with van der Waals surface area (Å²) in [5.41, 5.74) is 2.36. The van der Waals surface area contributed by atoms with E-state index in [1.165, 1.54) is 6.92 Å². The number of carbonyl (C=O) groups is 1. The van der Waals surface area contributed by atoms with E-state index in [0.29, 0.717) is 17.3 Å². The van der Waals surface area contributed by atoms with Crippen LogP contribution in [0.3, 0.4) is 0 Å². The van der Waals surface area contributed by atoms with Gasteiger partial charge in [0.15, 0.2) is 6.29 Å². The topological polar surface area (TPSA) is 44.8 Å². The van der Waals surface area contributed by atoms with Crippen molar-refractivity contribution < 1.29 is 19.0 Å². The van der Waals surface area contributed by atoms with Gasteiger partial charge in [-0.25, -0.2) is 0 Å². The molecule has 22 heavy (non-hydrogen) atoms. The van der Waals surface area contributed by atoms with Crippen LogP contribution < -0.4 is 0 Å². The summed E-state index contributed by atoms with van der Waals surface area (Å²) < 4.78 is 16.8. The predicted octanol–water partition coefficient (Wildman–Crippen LogP) is 3.29. The van der Waals surface area contributed by atoms with Crippen molar-refractivity contribution >= 4 is 5.97 Å². The van der Waals surface area contributed by atoms with Crippen LogP contribution in [0, 0.1) is 29.1 Å². The van der Waals surface area contributed by atoms with E-state index in [0.717, 1.165) is 24.0 Å². The van der Waals surface area contributed by atoms with Gasteiger partial charge in [-0.1, -0.05) is 32.6 Å². The summed E-state index contributed by atoms with van der Waals surface area (Å²) in [5.74, 6) is 1.06. The molecule has 3 aliphatic rings. The molecule has 0 N–H and O–H groups in total. The molecule has 1 heterocycles.